The van der Waals surface area contributed by atoms with Gasteiger partial charge in [-0.15, -0.1) is 0 Å². The molecule has 132 valence electrons. The van der Waals surface area contributed by atoms with E-state index >= 15 is 0 Å². The third-order valence-electron chi connectivity index (χ3n) is 4.55. The van der Waals surface area contributed by atoms with Crippen molar-refractivity contribution in [3.63, 3.8) is 0 Å². The van der Waals surface area contributed by atoms with Crippen molar-refractivity contribution in [2.45, 2.75) is 20.0 Å². The molecule has 2 aromatic heterocycles. The maximum Gasteiger partial charge on any atom is 0.257 e. The number of carbonyl (C=O) groups excluding carboxylic acids is 1. The zero-order chi connectivity index (χ0) is 18.1. The summed E-state index contributed by atoms with van der Waals surface area (Å²) in [6.07, 6.45) is 3.39. The summed E-state index contributed by atoms with van der Waals surface area (Å²) in [5.74, 6) is 0.790. The van der Waals surface area contributed by atoms with Crippen LogP contribution in [0.15, 0.2) is 54.9 Å². The Morgan fingerprint density at radius 2 is 1.92 bits per heavy atom. The number of hydrogen-bond acceptors (Lipinski definition) is 4. The van der Waals surface area contributed by atoms with E-state index < -0.39 is 0 Å². The molecule has 1 aromatic carbocycles. The number of carbonyl (C=O) groups is 1. The normalized spacial score (nSPS) is 14.2. The van der Waals surface area contributed by atoms with Crippen molar-refractivity contribution in [1.82, 2.24) is 19.7 Å². The molecule has 4 rings (SSSR count). The van der Waals surface area contributed by atoms with Crippen molar-refractivity contribution in [3.8, 4) is 11.4 Å². The lowest BCUT2D eigenvalue weighted by Crippen LogP contribution is -2.56. The fourth-order valence-corrected chi connectivity index (χ4v) is 3.08. The highest BCUT2D eigenvalue weighted by Crippen LogP contribution is 2.22. The quantitative estimate of drug-likeness (QED) is 0.727. The van der Waals surface area contributed by atoms with E-state index in [2.05, 4.69) is 10.1 Å². The molecule has 1 aliphatic heterocycles. The number of benzene rings is 1. The van der Waals surface area contributed by atoms with Crippen molar-refractivity contribution in [1.29, 1.82) is 0 Å². The number of para-hydroxylation sites is 1. The van der Waals surface area contributed by atoms with Gasteiger partial charge in [0.15, 0.2) is 0 Å². The number of hydrogen-bond donors (Lipinski definition) is 0. The predicted octanol–water partition coefficient (Wildman–Crippen LogP) is 2.79. The average Bonchev–Trinajstić information content (AvgIpc) is 2.99. The van der Waals surface area contributed by atoms with Gasteiger partial charge in [0.2, 0.25) is 0 Å². The van der Waals surface area contributed by atoms with Crippen LogP contribution < -0.4 is 4.74 Å². The van der Waals surface area contributed by atoms with E-state index in [4.69, 9.17) is 4.74 Å². The van der Waals surface area contributed by atoms with Crippen LogP contribution in [0.3, 0.4) is 0 Å². The zero-order valence-electron chi connectivity index (χ0n) is 14.8. The summed E-state index contributed by atoms with van der Waals surface area (Å²) in [6, 6.07) is 13.5. The van der Waals surface area contributed by atoms with E-state index in [1.807, 2.05) is 56.3 Å². The first kappa shape index (κ1) is 16.3. The maximum atomic E-state index is 12.8. The van der Waals surface area contributed by atoms with Gasteiger partial charge >= 0.3 is 0 Å². The minimum Gasteiger partial charge on any atom is -0.487 e. The molecule has 0 aliphatic carbocycles. The number of nitrogens with zero attached hydrogens (tertiary/aromatic N) is 4. The Morgan fingerprint density at radius 1 is 1.15 bits per heavy atom. The van der Waals surface area contributed by atoms with Gasteiger partial charge in [0.05, 0.1) is 36.2 Å². The first-order valence-electron chi connectivity index (χ1n) is 8.60. The Kier molecular flexibility index (Phi) is 4.16. The fraction of sp³-hybridized carbons (Fsp3) is 0.250. The molecule has 0 atom stereocenters. The lowest BCUT2D eigenvalue weighted by Gasteiger charge is -2.38. The number of amides is 1. The van der Waals surface area contributed by atoms with E-state index in [1.165, 1.54) is 0 Å². The molecule has 1 saturated heterocycles. The van der Waals surface area contributed by atoms with Gasteiger partial charge in [0, 0.05) is 18.0 Å². The summed E-state index contributed by atoms with van der Waals surface area (Å²) < 4.78 is 7.69. The van der Waals surface area contributed by atoms with Crippen LogP contribution >= 0.6 is 0 Å². The van der Waals surface area contributed by atoms with Gasteiger partial charge in [0.1, 0.15) is 11.9 Å². The lowest BCUT2D eigenvalue weighted by molar-refractivity contribution is 0.0177. The number of aryl methyl sites for hydroxylation is 1. The van der Waals surface area contributed by atoms with Crippen molar-refractivity contribution in [3.05, 3.63) is 71.8 Å². The minimum absolute atomic E-state index is 0.00422. The second kappa shape index (κ2) is 6.63. The van der Waals surface area contributed by atoms with Crippen LogP contribution in [0.1, 0.15) is 21.7 Å². The topological polar surface area (TPSA) is 60.2 Å². The highest BCUT2D eigenvalue weighted by atomic mass is 16.5. The number of rotatable bonds is 4. The van der Waals surface area contributed by atoms with Gasteiger partial charge in [-0.2, -0.15) is 5.10 Å². The third kappa shape index (κ3) is 3.06. The van der Waals surface area contributed by atoms with Crippen LogP contribution in [0.2, 0.25) is 0 Å². The number of likely N-dealkylation sites (tertiary alicyclic amines) is 1. The largest absolute Gasteiger partial charge is 0.487 e. The molecule has 0 radical (unpaired) electrons. The van der Waals surface area contributed by atoms with E-state index in [0.717, 1.165) is 22.8 Å². The van der Waals surface area contributed by atoms with Crippen LogP contribution in [0.25, 0.3) is 5.69 Å². The SMILES string of the molecule is Cc1cc(OC2CN(C(=O)c3cnn(-c4ccccc4)c3C)C2)ccn1. The Bertz CT molecular complexity index is 930. The molecule has 0 N–H and O–H groups in total. The second-order valence-electron chi connectivity index (χ2n) is 6.47. The molecular weight excluding hydrogens is 328 g/mol. The number of ether oxygens (including phenoxy) is 1. The molecule has 0 unspecified atom stereocenters. The summed E-state index contributed by atoms with van der Waals surface area (Å²) in [4.78, 5) is 18.7. The molecule has 0 bridgehead atoms. The highest BCUT2D eigenvalue weighted by molar-refractivity contribution is 5.95. The summed E-state index contributed by atoms with van der Waals surface area (Å²) in [5.41, 5.74) is 3.34. The van der Waals surface area contributed by atoms with Crippen molar-refractivity contribution < 1.29 is 9.53 Å². The molecule has 6 nitrogen and oxygen atoms in total. The average molecular weight is 348 g/mol. The van der Waals surface area contributed by atoms with E-state index in [0.29, 0.717) is 18.7 Å². The highest BCUT2D eigenvalue weighted by Gasteiger charge is 2.34. The van der Waals surface area contributed by atoms with E-state index in [9.17, 15) is 4.79 Å². The second-order valence-corrected chi connectivity index (χ2v) is 6.47. The summed E-state index contributed by atoms with van der Waals surface area (Å²) in [5, 5.41) is 4.38. The minimum atomic E-state index is -0.00422. The van der Waals surface area contributed by atoms with E-state index in [1.54, 1.807) is 22.0 Å². The zero-order valence-corrected chi connectivity index (χ0v) is 14.8. The Hall–Kier alpha value is -3.15. The molecule has 26 heavy (non-hydrogen) atoms. The number of pyridine rings is 1. The van der Waals surface area contributed by atoms with Crippen molar-refractivity contribution in [2.24, 2.45) is 0 Å². The molecule has 1 fully saturated rings. The molecule has 1 aliphatic rings. The molecule has 3 aromatic rings. The molecule has 1 amide bonds. The summed E-state index contributed by atoms with van der Waals surface area (Å²) in [6.45, 7) is 5.00. The molecular formula is C20H20N4O2. The fourth-order valence-electron chi connectivity index (χ4n) is 3.08. The smallest absolute Gasteiger partial charge is 0.257 e. The van der Waals surface area contributed by atoms with Gasteiger partial charge in [-0.3, -0.25) is 9.78 Å². The first-order valence-corrected chi connectivity index (χ1v) is 8.60. The molecule has 6 heteroatoms. The monoisotopic (exact) mass is 348 g/mol. The lowest BCUT2D eigenvalue weighted by atomic mass is 10.1. The standard InChI is InChI=1S/C20H20N4O2/c1-14-10-17(8-9-21-14)26-18-12-23(13-18)20(25)19-11-22-24(15(19)2)16-6-4-3-5-7-16/h3-11,18H,12-13H2,1-2H3. The first-order chi connectivity index (χ1) is 12.6. The van der Waals surface area contributed by atoms with Crippen LogP contribution in [-0.2, 0) is 0 Å². The number of aromatic nitrogens is 3. The van der Waals surface area contributed by atoms with Crippen LogP contribution in [0, 0.1) is 13.8 Å². The van der Waals surface area contributed by atoms with Crippen LogP contribution in [0.5, 0.6) is 5.75 Å². The molecule has 0 saturated carbocycles. The molecule has 0 spiro atoms. The van der Waals surface area contributed by atoms with Gasteiger partial charge < -0.3 is 9.64 Å². The van der Waals surface area contributed by atoms with Gasteiger partial charge in [0.25, 0.3) is 5.91 Å². The van der Waals surface area contributed by atoms with Gasteiger partial charge in [-0.25, -0.2) is 4.68 Å². The molecule has 3 heterocycles. The van der Waals surface area contributed by atoms with Gasteiger partial charge in [-0.05, 0) is 32.0 Å². The third-order valence-corrected chi connectivity index (χ3v) is 4.55. The van der Waals surface area contributed by atoms with Gasteiger partial charge in [-0.1, -0.05) is 18.2 Å². The summed E-state index contributed by atoms with van der Waals surface area (Å²) >= 11 is 0. The van der Waals surface area contributed by atoms with E-state index in [-0.39, 0.29) is 12.0 Å². The summed E-state index contributed by atoms with van der Waals surface area (Å²) in [7, 11) is 0. The van der Waals surface area contributed by atoms with Crippen molar-refractivity contribution >= 4 is 5.91 Å². The van der Waals surface area contributed by atoms with Crippen LogP contribution in [0.4, 0.5) is 0 Å². The Labute approximate surface area is 152 Å². The van der Waals surface area contributed by atoms with Crippen molar-refractivity contribution in [2.75, 3.05) is 13.1 Å². The Morgan fingerprint density at radius 3 is 2.65 bits per heavy atom. The Balaban J connectivity index is 1.41. The maximum absolute atomic E-state index is 12.8. The predicted molar refractivity (Wildman–Crippen MR) is 97.6 cm³/mol. The van der Waals surface area contributed by atoms with Crippen LogP contribution in [-0.4, -0.2) is 44.8 Å².